The Morgan fingerprint density at radius 2 is 1.91 bits per heavy atom. The van der Waals surface area contributed by atoms with E-state index >= 15 is 0 Å². The van der Waals surface area contributed by atoms with Gasteiger partial charge < -0.3 is 9.64 Å². The normalized spacial score (nSPS) is 21.5. The van der Waals surface area contributed by atoms with E-state index in [0.717, 1.165) is 12.8 Å². The fourth-order valence-corrected chi connectivity index (χ4v) is 5.69. The van der Waals surface area contributed by atoms with Gasteiger partial charge in [0.2, 0.25) is 5.91 Å². The van der Waals surface area contributed by atoms with E-state index in [4.69, 9.17) is 4.74 Å². The van der Waals surface area contributed by atoms with Crippen molar-refractivity contribution in [3.8, 4) is 0 Å². The highest BCUT2D eigenvalue weighted by Crippen LogP contribution is 2.28. The molecular weight excluding hydrogens is 336 g/mol. The maximum Gasteiger partial charge on any atom is 0.252 e. The van der Waals surface area contributed by atoms with E-state index in [0.29, 0.717) is 50.0 Å². The topological polar surface area (TPSA) is 66.9 Å². The van der Waals surface area contributed by atoms with Crippen LogP contribution in [0.15, 0.2) is 21.7 Å². The Labute approximate surface area is 141 Å². The number of rotatable bonds is 4. The maximum absolute atomic E-state index is 12.5. The summed E-state index contributed by atoms with van der Waals surface area (Å²) in [7, 11) is -3.35. The predicted octanol–water partition coefficient (Wildman–Crippen LogP) is 1.40. The summed E-state index contributed by atoms with van der Waals surface area (Å²) in [6, 6.07) is 3.40. The smallest absolute Gasteiger partial charge is 0.252 e. The molecule has 0 bridgehead atoms. The van der Waals surface area contributed by atoms with E-state index in [1.54, 1.807) is 21.8 Å². The van der Waals surface area contributed by atoms with Gasteiger partial charge >= 0.3 is 0 Å². The molecule has 2 aliphatic rings. The van der Waals surface area contributed by atoms with Crippen LogP contribution in [0.4, 0.5) is 0 Å². The highest BCUT2D eigenvalue weighted by atomic mass is 32.2. The molecule has 0 spiro atoms. The molecular formula is C15H22N2O4S2. The van der Waals surface area contributed by atoms with Gasteiger partial charge in [-0.2, -0.15) is 4.31 Å². The van der Waals surface area contributed by atoms with Gasteiger partial charge in [-0.25, -0.2) is 8.42 Å². The first-order chi connectivity index (χ1) is 11.1. The summed E-state index contributed by atoms with van der Waals surface area (Å²) in [5, 5.41) is 1.78. The zero-order valence-corrected chi connectivity index (χ0v) is 14.7. The molecule has 2 fully saturated rings. The molecule has 1 aromatic rings. The average Bonchev–Trinajstić information content (AvgIpc) is 3.11. The molecule has 1 aromatic heterocycles. The maximum atomic E-state index is 12.5. The summed E-state index contributed by atoms with van der Waals surface area (Å²) in [4.78, 5) is 14.1. The molecule has 1 amide bonds. The van der Waals surface area contributed by atoms with Crippen molar-refractivity contribution in [3.63, 3.8) is 0 Å². The number of carbonyl (C=O) groups is 1. The number of ether oxygens (including phenoxy) is 1. The lowest BCUT2D eigenvalue weighted by Crippen LogP contribution is -2.43. The number of sulfonamides is 1. The minimum absolute atomic E-state index is 0.174. The molecule has 6 nitrogen and oxygen atoms in total. The Balaban J connectivity index is 1.51. The molecule has 3 heterocycles. The number of amides is 1. The van der Waals surface area contributed by atoms with Crippen LogP contribution in [0.1, 0.15) is 19.3 Å². The average molecular weight is 358 g/mol. The van der Waals surface area contributed by atoms with Crippen molar-refractivity contribution in [3.05, 3.63) is 17.5 Å². The Hall–Kier alpha value is -0.960. The summed E-state index contributed by atoms with van der Waals surface area (Å²) >= 11 is 1.25. The van der Waals surface area contributed by atoms with Gasteiger partial charge in [-0.05, 0) is 30.2 Å². The standard InChI is InChI=1S/C15H22N2O4S2/c18-14(16-7-9-21-10-8-16)12-13-3-5-17(6-4-13)23(19,20)15-2-1-11-22-15/h1-2,11,13H,3-10,12H2. The number of hydrogen-bond donors (Lipinski definition) is 0. The van der Waals surface area contributed by atoms with Gasteiger partial charge in [-0.3, -0.25) is 4.79 Å². The van der Waals surface area contributed by atoms with Crippen LogP contribution < -0.4 is 0 Å². The first-order valence-electron chi connectivity index (χ1n) is 7.96. The second kappa shape index (κ2) is 7.29. The SMILES string of the molecule is O=C(CC1CCN(S(=O)(=O)c2cccs2)CC1)N1CCOCC1. The monoisotopic (exact) mass is 358 g/mol. The van der Waals surface area contributed by atoms with Gasteiger partial charge in [0.15, 0.2) is 0 Å². The molecule has 23 heavy (non-hydrogen) atoms. The van der Waals surface area contributed by atoms with Gasteiger partial charge in [0.1, 0.15) is 4.21 Å². The molecule has 128 valence electrons. The number of nitrogens with zero attached hydrogens (tertiary/aromatic N) is 2. The number of morpholine rings is 1. The van der Waals surface area contributed by atoms with Crippen molar-refractivity contribution in [1.82, 2.24) is 9.21 Å². The highest BCUT2D eigenvalue weighted by Gasteiger charge is 2.31. The first-order valence-corrected chi connectivity index (χ1v) is 10.3. The van der Waals surface area contributed by atoms with Gasteiger partial charge in [-0.1, -0.05) is 6.07 Å². The number of thiophene rings is 1. The van der Waals surface area contributed by atoms with Crippen molar-refractivity contribution in [2.75, 3.05) is 39.4 Å². The number of piperidine rings is 1. The summed E-state index contributed by atoms with van der Waals surface area (Å²) in [5.74, 6) is 0.452. The van der Waals surface area contributed by atoms with Gasteiger partial charge in [-0.15, -0.1) is 11.3 Å². The van der Waals surface area contributed by atoms with E-state index < -0.39 is 10.0 Å². The predicted molar refractivity (Wildman–Crippen MR) is 87.8 cm³/mol. The molecule has 0 atom stereocenters. The lowest BCUT2D eigenvalue weighted by molar-refractivity contribution is -0.136. The first kappa shape index (κ1) is 16.9. The fourth-order valence-electron chi connectivity index (χ4n) is 3.08. The van der Waals surface area contributed by atoms with Crippen molar-refractivity contribution in [2.24, 2.45) is 5.92 Å². The molecule has 2 saturated heterocycles. The Morgan fingerprint density at radius 1 is 1.22 bits per heavy atom. The third kappa shape index (κ3) is 3.93. The highest BCUT2D eigenvalue weighted by molar-refractivity contribution is 7.91. The van der Waals surface area contributed by atoms with E-state index in [1.807, 2.05) is 4.90 Å². The fraction of sp³-hybridized carbons (Fsp3) is 0.667. The lowest BCUT2D eigenvalue weighted by Gasteiger charge is -2.32. The van der Waals surface area contributed by atoms with Crippen molar-refractivity contribution < 1.29 is 17.9 Å². The van der Waals surface area contributed by atoms with Crippen LogP contribution in [-0.2, 0) is 19.6 Å². The van der Waals surface area contributed by atoms with Crippen LogP contribution in [0.25, 0.3) is 0 Å². The van der Waals surface area contributed by atoms with E-state index in [9.17, 15) is 13.2 Å². The summed E-state index contributed by atoms with van der Waals surface area (Å²) < 4.78 is 32.2. The van der Waals surface area contributed by atoms with Crippen LogP contribution in [0.3, 0.4) is 0 Å². The number of hydrogen-bond acceptors (Lipinski definition) is 5. The van der Waals surface area contributed by atoms with Crippen LogP contribution in [-0.4, -0.2) is 62.9 Å². The zero-order valence-electron chi connectivity index (χ0n) is 13.0. The quantitative estimate of drug-likeness (QED) is 0.816. The van der Waals surface area contributed by atoms with Crippen molar-refractivity contribution in [2.45, 2.75) is 23.5 Å². The van der Waals surface area contributed by atoms with Crippen molar-refractivity contribution in [1.29, 1.82) is 0 Å². The van der Waals surface area contributed by atoms with E-state index in [1.165, 1.54) is 11.3 Å². The molecule has 0 N–H and O–H groups in total. The van der Waals surface area contributed by atoms with Gasteiger partial charge in [0.05, 0.1) is 13.2 Å². The minimum atomic E-state index is -3.35. The third-order valence-electron chi connectivity index (χ3n) is 4.49. The second-order valence-electron chi connectivity index (χ2n) is 5.98. The molecule has 0 saturated carbocycles. The summed E-state index contributed by atoms with van der Waals surface area (Å²) in [6.07, 6.45) is 2.02. The molecule has 0 aliphatic carbocycles. The molecule has 0 radical (unpaired) electrons. The number of carbonyl (C=O) groups excluding carboxylic acids is 1. The lowest BCUT2D eigenvalue weighted by atomic mass is 9.94. The van der Waals surface area contributed by atoms with Crippen LogP contribution in [0.2, 0.25) is 0 Å². The van der Waals surface area contributed by atoms with Gasteiger partial charge in [0, 0.05) is 32.6 Å². The summed E-state index contributed by atoms with van der Waals surface area (Å²) in [5.41, 5.74) is 0. The Bertz CT molecular complexity index is 616. The molecule has 8 heteroatoms. The third-order valence-corrected chi connectivity index (χ3v) is 7.76. The summed E-state index contributed by atoms with van der Waals surface area (Å²) in [6.45, 7) is 3.57. The molecule has 3 rings (SSSR count). The molecule has 0 aromatic carbocycles. The van der Waals surface area contributed by atoms with E-state index in [-0.39, 0.29) is 11.8 Å². The van der Waals surface area contributed by atoms with E-state index in [2.05, 4.69) is 0 Å². The van der Waals surface area contributed by atoms with Crippen molar-refractivity contribution >= 4 is 27.3 Å². The molecule has 0 unspecified atom stereocenters. The van der Waals surface area contributed by atoms with Crippen LogP contribution >= 0.6 is 11.3 Å². The Kier molecular flexibility index (Phi) is 5.35. The van der Waals surface area contributed by atoms with Gasteiger partial charge in [0.25, 0.3) is 10.0 Å². The zero-order chi connectivity index (χ0) is 16.3. The van der Waals surface area contributed by atoms with Crippen LogP contribution in [0.5, 0.6) is 0 Å². The van der Waals surface area contributed by atoms with Crippen LogP contribution in [0, 0.1) is 5.92 Å². The Morgan fingerprint density at radius 3 is 2.52 bits per heavy atom. The minimum Gasteiger partial charge on any atom is -0.378 e. The second-order valence-corrected chi connectivity index (χ2v) is 9.09. The largest absolute Gasteiger partial charge is 0.378 e. The molecule has 2 aliphatic heterocycles.